The highest BCUT2D eigenvalue weighted by molar-refractivity contribution is 5.27. The van der Waals surface area contributed by atoms with E-state index >= 15 is 0 Å². The van der Waals surface area contributed by atoms with Crippen LogP contribution in [0.4, 0.5) is 0 Å². The first-order valence-electron chi connectivity index (χ1n) is 3.53. The highest BCUT2D eigenvalue weighted by Crippen LogP contribution is 2.11. The lowest BCUT2D eigenvalue weighted by atomic mass is 10.1. The summed E-state index contributed by atoms with van der Waals surface area (Å²) in [7, 11) is 1.66. The third-order valence-electron chi connectivity index (χ3n) is 1.51. The van der Waals surface area contributed by atoms with Gasteiger partial charge in [-0.25, -0.2) is 0 Å². The largest absolute Gasteiger partial charge is 0.497 e. The van der Waals surface area contributed by atoms with Crippen LogP contribution in [0.1, 0.15) is 5.56 Å². The number of hydrogen-bond acceptors (Lipinski definition) is 1. The predicted octanol–water partition coefficient (Wildman–Crippen LogP) is 2.23. The summed E-state index contributed by atoms with van der Waals surface area (Å²) in [5.41, 5.74) is 1.20. The van der Waals surface area contributed by atoms with E-state index in [4.69, 9.17) is 11.3 Å². The van der Waals surface area contributed by atoms with Crippen LogP contribution < -0.4 is 4.74 Å². The number of allylic oxidation sites excluding steroid dienone is 1. The molecule has 0 aromatic heterocycles. The van der Waals surface area contributed by atoms with Crippen molar-refractivity contribution in [2.24, 2.45) is 0 Å². The van der Waals surface area contributed by atoms with Crippen molar-refractivity contribution in [3.05, 3.63) is 42.5 Å². The minimum atomic E-state index is 0.810. The zero-order valence-corrected chi connectivity index (χ0v) is 6.58. The van der Waals surface area contributed by atoms with E-state index in [-0.39, 0.29) is 0 Å². The second-order valence-corrected chi connectivity index (χ2v) is 2.29. The molecule has 0 saturated heterocycles. The van der Waals surface area contributed by atoms with Gasteiger partial charge in [-0.05, 0) is 24.1 Å². The first-order chi connectivity index (χ1) is 5.36. The Morgan fingerprint density at radius 1 is 1.36 bits per heavy atom. The van der Waals surface area contributed by atoms with E-state index in [1.54, 1.807) is 13.2 Å². The number of rotatable bonds is 3. The summed E-state index contributed by atoms with van der Waals surface area (Å²) in [5, 5.41) is 0. The van der Waals surface area contributed by atoms with Crippen LogP contribution in [-0.4, -0.2) is 7.11 Å². The number of ether oxygens (including phenoxy) is 1. The first-order valence-corrected chi connectivity index (χ1v) is 3.53. The Morgan fingerprint density at radius 3 is 2.45 bits per heavy atom. The Labute approximate surface area is 67.3 Å². The molecule has 57 valence electrons. The maximum absolute atomic E-state index is 5.27. The van der Waals surface area contributed by atoms with Gasteiger partial charge in [0.05, 0.1) is 7.11 Å². The lowest BCUT2D eigenvalue weighted by Gasteiger charge is -1.99. The molecule has 1 nitrogen and oxygen atoms in total. The van der Waals surface area contributed by atoms with Crippen LogP contribution in [0, 0.1) is 6.58 Å². The Kier molecular flexibility index (Phi) is 2.73. The molecular weight excluding hydrogens is 136 g/mol. The van der Waals surface area contributed by atoms with Crippen LogP contribution in [-0.2, 0) is 6.42 Å². The van der Waals surface area contributed by atoms with Crippen molar-refractivity contribution in [2.45, 2.75) is 6.42 Å². The number of hydrogen-bond donors (Lipinski definition) is 0. The van der Waals surface area contributed by atoms with Crippen molar-refractivity contribution in [3.63, 3.8) is 0 Å². The first kappa shape index (κ1) is 7.86. The molecule has 1 aromatic carbocycles. The highest BCUT2D eigenvalue weighted by atomic mass is 16.5. The second kappa shape index (κ2) is 3.81. The molecule has 0 aliphatic rings. The third-order valence-corrected chi connectivity index (χ3v) is 1.51. The molecule has 0 aliphatic heterocycles. The monoisotopic (exact) mass is 147 g/mol. The lowest BCUT2D eigenvalue weighted by Crippen LogP contribution is -1.83. The molecule has 0 heterocycles. The lowest BCUT2D eigenvalue weighted by molar-refractivity contribution is 0.414. The molecular formula is C10H11O. The van der Waals surface area contributed by atoms with Crippen LogP contribution in [0.5, 0.6) is 5.75 Å². The number of benzene rings is 1. The summed E-state index contributed by atoms with van der Waals surface area (Å²) < 4.78 is 5.01. The van der Waals surface area contributed by atoms with Crippen LogP contribution in [0.25, 0.3) is 0 Å². The van der Waals surface area contributed by atoms with E-state index in [2.05, 4.69) is 0 Å². The van der Waals surface area contributed by atoms with Crippen LogP contribution in [0.3, 0.4) is 0 Å². The van der Waals surface area contributed by atoms with Gasteiger partial charge in [-0.2, -0.15) is 0 Å². The normalized spacial score (nSPS) is 9.18. The SMILES string of the molecule is [CH]=CCc1ccc(OC)cc1. The molecule has 0 unspecified atom stereocenters. The van der Waals surface area contributed by atoms with Crippen molar-refractivity contribution in [3.8, 4) is 5.75 Å². The fraction of sp³-hybridized carbons (Fsp3) is 0.200. The van der Waals surface area contributed by atoms with E-state index in [0.29, 0.717) is 0 Å². The molecule has 0 saturated carbocycles. The van der Waals surface area contributed by atoms with E-state index in [1.165, 1.54) is 5.56 Å². The van der Waals surface area contributed by atoms with Crippen molar-refractivity contribution in [1.82, 2.24) is 0 Å². The van der Waals surface area contributed by atoms with Crippen molar-refractivity contribution in [1.29, 1.82) is 0 Å². The zero-order valence-electron chi connectivity index (χ0n) is 6.58. The average molecular weight is 147 g/mol. The van der Waals surface area contributed by atoms with Gasteiger partial charge in [0.2, 0.25) is 0 Å². The van der Waals surface area contributed by atoms with Gasteiger partial charge in [-0.3, -0.25) is 0 Å². The van der Waals surface area contributed by atoms with Gasteiger partial charge in [0.1, 0.15) is 5.75 Å². The molecule has 0 N–H and O–H groups in total. The van der Waals surface area contributed by atoms with Gasteiger partial charge in [-0.15, -0.1) is 0 Å². The van der Waals surface area contributed by atoms with Crippen molar-refractivity contribution >= 4 is 0 Å². The van der Waals surface area contributed by atoms with Gasteiger partial charge < -0.3 is 4.74 Å². The molecule has 0 bridgehead atoms. The van der Waals surface area contributed by atoms with Gasteiger partial charge in [0.25, 0.3) is 0 Å². The Bertz CT molecular complexity index is 223. The Balaban J connectivity index is 2.74. The molecule has 0 atom stereocenters. The fourth-order valence-electron chi connectivity index (χ4n) is 0.898. The standard InChI is InChI=1S/C10H11O/c1-3-4-9-5-7-10(11-2)8-6-9/h1,3,5-8H,4H2,2H3. The maximum Gasteiger partial charge on any atom is 0.118 e. The maximum atomic E-state index is 5.27. The van der Waals surface area contributed by atoms with Gasteiger partial charge in [0.15, 0.2) is 0 Å². The molecule has 0 aliphatic carbocycles. The van der Waals surface area contributed by atoms with Crippen molar-refractivity contribution in [2.75, 3.05) is 7.11 Å². The smallest absolute Gasteiger partial charge is 0.118 e. The summed E-state index contributed by atoms with van der Waals surface area (Å²) in [5.74, 6) is 0.880. The summed E-state index contributed by atoms with van der Waals surface area (Å²) in [6, 6.07) is 7.86. The number of methoxy groups -OCH3 is 1. The van der Waals surface area contributed by atoms with Gasteiger partial charge in [-0.1, -0.05) is 24.8 Å². The van der Waals surface area contributed by atoms with Crippen LogP contribution >= 0.6 is 0 Å². The van der Waals surface area contributed by atoms with E-state index in [1.807, 2.05) is 24.3 Å². The molecule has 1 rings (SSSR count). The summed E-state index contributed by atoms with van der Waals surface area (Å²) in [4.78, 5) is 0. The molecule has 0 amide bonds. The Morgan fingerprint density at radius 2 is 2.00 bits per heavy atom. The van der Waals surface area contributed by atoms with Crippen molar-refractivity contribution < 1.29 is 4.74 Å². The van der Waals surface area contributed by atoms with E-state index in [9.17, 15) is 0 Å². The molecule has 0 spiro atoms. The van der Waals surface area contributed by atoms with Crippen LogP contribution in [0.2, 0.25) is 0 Å². The average Bonchev–Trinajstić information content (AvgIpc) is 2.07. The zero-order chi connectivity index (χ0) is 8.10. The molecule has 11 heavy (non-hydrogen) atoms. The summed E-state index contributed by atoms with van der Waals surface area (Å²) in [6.45, 7) is 5.27. The molecule has 1 radical (unpaired) electrons. The van der Waals surface area contributed by atoms with E-state index in [0.717, 1.165) is 12.2 Å². The minimum absolute atomic E-state index is 0.810. The Hall–Kier alpha value is -1.24. The van der Waals surface area contributed by atoms with Crippen LogP contribution in [0.15, 0.2) is 30.3 Å². The van der Waals surface area contributed by atoms with E-state index < -0.39 is 0 Å². The predicted molar refractivity (Wildman–Crippen MR) is 45.6 cm³/mol. The summed E-state index contributed by atoms with van der Waals surface area (Å²) >= 11 is 0. The minimum Gasteiger partial charge on any atom is -0.497 e. The third kappa shape index (κ3) is 2.11. The molecule has 1 aromatic rings. The van der Waals surface area contributed by atoms with Gasteiger partial charge in [0, 0.05) is 0 Å². The second-order valence-electron chi connectivity index (χ2n) is 2.29. The topological polar surface area (TPSA) is 9.23 Å². The fourth-order valence-corrected chi connectivity index (χ4v) is 0.898. The molecule has 0 fully saturated rings. The molecule has 1 heteroatoms. The summed E-state index contributed by atoms with van der Waals surface area (Å²) in [6.07, 6.45) is 2.45. The quantitative estimate of drug-likeness (QED) is 0.637. The highest BCUT2D eigenvalue weighted by Gasteiger charge is 1.90. The van der Waals surface area contributed by atoms with Gasteiger partial charge >= 0.3 is 0 Å².